The summed E-state index contributed by atoms with van der Waals surface area (Å²) >= 11 is 6.24. The van der Waals surface area contributed by atoms with Gasteiger partial charge in [0.05, 0.1) is 6.04 Å². The molecular formula is C17H17ClN2. The molecule has 1 atom stereocenters. The molecular weight excluding hydrogens is 268 g/mol. The highest BCUT2D eigenvalue weighted by molar-refractivity contribution is 6.30. The number of nitrogens with one attached hydrogen (secondary N) is 1. The van der Waals surface area contributed by atoms with Crippen LogP contribution in [0.4, 0.5) is 5.69 Å². The van der Waals surface area contributed by atoms with Crippen LogP contribution < -0.4 is 5.32 Å². The van der Waals surface area contributed by atoms with Crippen molar-refractivity contribution in [3.05, 3.63) is 64.2 Å². The van der Waals surface area contributed by atoms with E-state index >= 15 is 0 Å². The lowest BCUT2D eigenvalue weighted by Crippen LogP contribution is -2.37. The van der Waals surface area contributed by atoms with Gasteiger partial charge in [-0.25, -0.2) is 0 Å². The van der Waals surface area contributed by atoms with Crippen molar-refractivity contribution in [2.24, 2.45) is 0 Å². The average Bonchev–Trinajstić information content (AvgIpc) is 2.66. The predicted octanol–water partition coefficient (Wildman–Crippen LogP) is 3.71. The Labute approximate surface area is 124 Å². The molecule has 2 aliphatic rings. The summed E-state index contributed by atoms with van der Waals surface area (Å²) < 4.78 is 0. The first-order chi connectivity index (χ1) is 9.83. The van der Waals surface area contributed by atoms with Crippen LogP contribution in [0.3, 0.4) is 0 Å². The van der Waals surface area contributed by atoms with Crippen LogP contribution in [0.25, 0.3) is 0 Å². The number of benzene rings is 2. The van der Waals surface area contributed by atoms with Crippen LogP contribution >= 0.6 is 11.6 Å². The van der Waals surface area contributed by atoms with Gasteiger partial charge in [0.15, 0.2) is 0 Å². The van der Waals surface area contributed by atoms with Crippen LogP contribution in [0.1, 0.15) is 22.7 Å². The summed E-state index contributed by atoms with van der Waals surface area (Å²) in [6.07, 6.45) is 1.14. The summed E-state index contributed by atoms with van der Waals surface area (Å²) in [7, 11) is 0. The van der Waals surface area contributed by atoms with Gasteiger partial charge in [-0.1, -0.05) is 35.9 Å². The van der Waals surface area contributed by atoms with Crippen LogP contribution in [0.2, 0.25) is 5.02 Å². The molecule has 0 saturated carbocycles. The Morgan fingerprint density at radius 3 is 2.90 bits per heavy atom. The quantitative estimate of drug-likeness (QED) is 0.793. The van der Waals surface area contributed by atoms with Gasteiger partial charge in [0.1, 0.15) is 0 Å². The Bertz CT molecular complexity index is 653. The van der Waals surface area contributed by atoms with E-state index in [2.05, 4.69) is 46.6 Å². The van der Waals surface area contributed by atoms with E-state index in [0.717, 1.165) is 31.1 Å². The third-order valence-electron chi connectivity index (χ3n) is 4.41. The SMILES string of the molecule is Clc1ccc2c(c1)[C@H]1c3ccccc3CCN1CCN2. The Hall–Kier alpha value is -1.51. The van der Waals surface area contributed by atoms with Gasteiger partial charge in [0.2, 0.25) is 0 Å². The van der Waals surface area contributed by atoms with Crippen molar-refractivity contribution in [3.63, 3.8) is 0 Å². The lowest BCUT2D eigenvalue weighted by atomic mass is 9.88. The number of halogens is 1. The van der Waals surface area contributed by atoms with Crippen LogP contribution in [-0.4, -0.2) is 24.5 Å². The number of fused-ring (bicyclic) bond motifs is 5. The van der Waals surface area contributed by atoms with Crippen LogP contribution in [0, 0.1) is 0 Å². The second-order valence-electron chi connectivity index (χ2n) is 5.55. The topological polar surface area (TPSA) is 15.3 Å². The Kier molecular flexibility index (Phi) is 2.94. The van der Waals surface area contributed by atoms with Crippen molar-refractivity contribution in [3.8, 4) is 0 Å². The molecule has 102 valence electrons. The van der Waals surface area contributed by atoms with Gasteiger partial charge in [-0.05, 0) is 41.3 Å². The normalized spacial score (nSPS) is 21.1. The molecule has 0 fully saturated rings. The summed E-state index contributed by atoms with van der Waals surface area (Å²) in [4.78, 5) is 2.57. The molecule has 2 nitrogen and oxygen atoms in total. The summed E-state index contributed by atoms with van der Waals surface area (Å²) in [5.74, 6) is 0. The highest BCUT2D eigenvalue weighted by Crippen LogP contribution is 2.40. The zero-order valence-corrected chi connectivity index (χ0v) is 12.0. The zero-order valence-electron chi connectivity index (χ0n) is 11.3. The third kappa shape index (κ3) is 1.91. The minimum atomic E-state index is 0.337. The summed E-state index contributed by atoms with van der Waals surface area (Å²) in [6.45, 7) is 3.19. The monoisotopic (exact) mass is 284 g/mol. The van der Waals surface area contributed by atoms with Gasteiger partial charge in [-0.15, -0.1) is 0 Å². The standard InChI is InChI=1S/C17H17ClN2/c18-13-5-6-16-15(11-13)17-14-4-2-1-3-12(14)7-9-20(17)10-8-19-16/h1-6,11,17,19H,7-10H2/t17-/m1/s1. The van der Waals surface area contributed by atoms with Gasteiger partial charge >= 0.3 is 0 Å². The number of rotatable bonds is 0. The van der Waals surface area contributed by atoms with Crippen LogP contribution in [0.5, 0.6) is 0 Å². The molecule has 2 aliphatic heterocycles. The van der Waals surface area contributed by atoms with Crippen molar-refractivity contribution < 1.29 is 0 Å². The maximum atomic E-state index is 6.24. The molecule has 20 heavy (non-hydrogen) atoms. The smallest absolute Gasteiger partial charge is 0.0626 e. The molecule has 2 aromatic rings. The molecule has 0 spiro atoms. The molecule has 0 aliphatic carbocycles. The minimum absolute atomic E-state index is 0.337. The summed E-state index contributed by atoms with van der Waals surface area (Å²) in [5, 5.41) is 4.35. The average molecular weight is 285 g/mol. The number of anilines is 1. The second-order valence-corrected chi connectivity index (χ2v) is 5.98. The maximum absolute atomic E-state index is 6.24. The molecule has 2 aromatic carbocycles. The van der Waals surface area contributed by atoms with Crippen LogP contribution in [-0.2, 0) is 6.42 Å². The van der Waals surface area contributed by atoms with Crippen molar-refractivity contribution >= 4 is 17.3 Å². The van der Waals surface area contributed by atoms with E-state index in [1.165, 1.54) is 22.4 Å². The fourth-order valence-electron chi connectivity index (χ4n) is 3.48. The lowest BCUT2D eigenvalue weighted by molar-refractivity contribution is 0.226. The molecule has 4 rings (SSSR count). The largest absolute Gasteiger partial charge is 0.383 e. The van der Waals surface area contributed by atoms with E-state index in [1.807, 2.05) is 6.07 Å². The minimum Gasteiger partial charge on any atom is -0.383 e. The molecule has 2 heterocycles. The third-order valence-corrected chi connectivity index (χ3v) is 4.64. The van der Waals surface area contributed by atoms with Gasteiger partial charge in [-0.2, -0.15) is 0 Å². The van der Waals surface area contributed by atoms with Crippen LogP contribution in [0.15, 0.2) is 42.5 Å². The fraction of sp³-hybridized carbons (Fsp3) is 0.294. The predicted molar refractivity (Wildman–Crippen MR) is 83.5 cm³/mol. The van der Waals surface area contributed by atoms with Crippen molar-refractivity contribution in [1.82, 2.24) is 4.90 Å². The van der Waals surface area contributed by atoms with Crippen molar-refractivity contribution in [2.45, 2.75) is 12.5 Å². The fourth-order valence-corrected chi connectivity index (χ4v) is 3.66. The highest BCUT2D eigenvalue weighted by atomic mass is 35.5. The maximum Gasteiger partial charge on any atom is 0.0626 e. The molecule has 0 unspecified atom stereocenters. The number of nitrogens with zero attached hydrogens (tertiary/aromatic N) is 1. The van der Waals surface area contributed by atoms with E-state index in [4.69, 9.17) is 11.6 Å². The zero-order chi connectivity index (χ0) is 13.5. The van der Waals surface area contributed by atoms with Gasteiger partial charge < -0.3 is 5.32 Å². The van der Waals surface area contributed by atoms with E-state index in [1.54, 1.807) is 0 Å². The first kappa shape index (κ1) is 12.2. The van der Waals surface area contributed by atoms with Crippen molar-refractivity contribution in [2.75, 3.05) is 25.0 Å². The summed E-state index contributed by atoms with van der Waals surface area (Å²) in [5.41, 5.74) is 5.44. The first-order valence-corrected chi connectivity index (χ1v) is 7.56. The summed E-state index contributed by atoms with van der Waals surface area (Å²) in [6, 6.07) is 15.3. The lowest BCUT2D eigenvalue weighted by Gasteiger charge is -2.36. The Balaban J connectivity index is 1.92. The van der Waals surface area contributed by atoms with E-state index < -0.39 is 0 Å². The van der Waals surface area contributed by atoms with Gasteiger partial charge in [0, 0.05) is 30.3 Å². The molecule has 0 bridgehead atoms. The van der Waals surface area contributed by atoms with Crippen molar-refractivity contribution in [1.29, 1.82) is 0 Å². The molecule has 0 saturated heterocycles. The number of hydrogen-bond acceptors (Lipinski definition) is 2. The Morgan fingerprint density at radius 1 is 1.05 bits per heavy atom. The van der Waals surface area contributed by atoms with E-state index in [9.17, 15) is 0 Å². The van der Waals surface area contributed by atoms with Gasteiger partial charge in [0.25, 0.3) is 0 Å². The molecule has 3 heteroatoms. The first-order valence-electron chi connectivity index (χ1n) is 7.18. The van der Waals surface area contributed by atoms with Gasteiger partial charge in [-0.3, -0.25) is 4.90 Å². The Morgan fingerprint density at radius 2 is 1.95 bits per heavy atom. The molecule has 0 aromatic heterocycles. The molecule has 1 N–H and O–H groups in total. The van der Waals surface area contributed by atoms with E-state index in [-0.39, 0.29) is 0 Å². The van der Waals surface area contributed by atoms with E-state index in [0.29, 0.717) is 6.04 Å². The molecule has 0 radical (unpaired) electrons. The second kappa shape index (κ2) is 4.80. The molecule has 0 amide bonds. The number of hydrogen-bond donors (Lipinski definition) is 1. The highest BCUT2D eigenvalue weighted by Gasteiger charge is 2.31.